The molecule has 0 fully saturated rings. The summed E-state index contributed by atoms with van der Waals surface area (Å²) in [4.78, 5) is 0. The van der Waals surface area contributed by atoms with Gasteiger partial charge in [0.2, 0.25) is 0 Å². The van der Waals surface area contributed by atoms with E-state index in [1.165, 1.54) is 0 Å². The lowest BCUT2D eigenvalue weighted by Crippen LogP contribution is -2.28. The summed E-state index contributed by atoms with van der Waals surface area (Å²) < 4.78 is 52.9. The van der Waals surface area contributed by atoms with E-state index in [1.807, 2.05) is 0 Å². The Hall–Kier alpha value is -1.92. The number of halogens is 4. The van der Waals surface area contributed by atoms with Crippen molar-refractivity contribution in [1.82, 2.24) is 0 Å². The van der Waals surface area contributed by atoms with Gasteiger partial charge in [-0.2, -0.15) is 0 Å². The number of hydrogen-bond acceptors (Lipinski definition) is 2. The van der Waals surface area contributed by atoms with E-state index in [9.17, 15) is 17.6 Å². The van der Waals surface area contributed by atoms with Crippen LogP contribution in [0.15, 0.2) is 36.4 Å². The summed E-state index contributed by atoms with van der Waals surface area (Å²) in [7, 11) is 0. The maximum Gasteiger partial charge on any atom is 0.130 e. The van der Waals surface area contributed by atoms with Crippen LogP contribution < -0.4 is 11.5 Å². The Bertz CT molecular complexity index is 575. The van der Waals surface area contributed by atoms with Gasteiger partial charge in [-0.05, 0) is 12.1 Å². The summed E-state index contributed by atoms with van der Waals surface area (Å²) >= 11 is 0. The standard InChI is InChI=1S/C14H12F4N2/c15-7-1-3-9(11(17)5-7)13(19)14(20)10-4-2-8(16)6-12(10)18/h1-6,13-14H,19-20H2. The highest BCUT2D eigenvalue weighted by Crippen LogP contribution is 2.28. The molecular formula is C14H12F4N2. The van der Waals surface area contributed by atoms with Crippen molar-refractivity contribution in [2.24, 2.45) is 11.5 Å². The van der Waals surface area contributed by atoms with E-state index >= 15 is 0 Å². The van der Waals surface area contributed by atoms with Crippen molar-refractivity contribution in [3.05, 3.63) is 70.8 Å². The molecule has 2 unspecified atom stereocenters. The fourth-order valence-electron chi connectivity index (χ4n) is 1.93. The highest BCUT2D eigenvalue weighted by atomic mass is 19.1. The fourth-order valence-corrected chi connectivity index (χ4v) is 1.93. The first kappa shape index (κ1) is 14.5. The normalized spacial score (nSPS) is 14.1. The van der Waals surface area contributed by atoms with Crippen LogP contribution in [0.25, 0.3) is 0 Å². The van der Waals surface area contributed by atoms with Crippen LogP contribution in [0.3, 0.4) is 0 Å². The molecule has 20 heavy (non-hydrogen) atoms. The summed E-state index contributed by atoms with van der Waals surface area (Å²) in [6.45, 7) is 0. The minimum absolute atomic E-state index is 0.0392. The molecule has 0 aromatic heterocycles. The van der Waals surface area contributed by atoms with Gasteiger partial charge < -0.3 is 11.5 Å². The zero-order chi connectivity index (χ0) is 14.9. The Morgan fingerprint density at radius 3 is 1.30 bits per heavy atom. The Kier molecular flexibility index (Phi) is 4.06. The fraction of sp³-hybridized carbons (Fsp3) is 0.143. The molecule has 0 spiro atoms. The van der Waals surface area contributed by atoms with E-state index in [2.05, 4.69) is 0 Å². The molecule has 0 saturated heterocycles. The summed E-state index contributed by atoms with van der Waals surface area (Å²) in [5.74, 6) is -3.23. The number of hydrogen-bond donors (Lipinski definition) is 2. The predicted molar refractivity (Wildman–Crippen MR) is 66.6 cm³/mol. The van der Waals surface area contributed by atoms with Gasteiger partial charge in [0.25, 0.3) is 0 Å². The minimum Gasteiger partial charge on any atom is -0.322 e. The molecule has 106 valence electrons. The maximum absolute atomic E-state index is 13.6. The topological polar surface area (TPSA) is 52.0 Å². The summed E-state index contributed by atoms with van der Waals surface area (Å²) in [5.41, 5.74) is 11.5. The summed E-state index contributed by atoms with van der Waals surface area (Å²) in [6.07, 6.45) is 0. The largest absolute Gasteiger partial charge is 0.322 e. The predicted octanol–water partition coefficient (Wildman–Crippen LogP) is 2.94. The number of rotatable bonds is 3. The van der Waals surface area contributed by atoms with E-state index in [0.717, 1.165) is 24.3 Å². The van der Waals surface area contributed by atoms with Crippen LogP contribution in [0.2, 0.25) is 0 Å². The number of benzene rings is 2. The van der Waals surface area contributed by atoms with Gasteiger partial charge in [-0.25, -0.2) is 17.6 Å². The molecule has 2 atom stereocenters. The van der Waals surface area contributed by atoms with Crippen LogP contribution in [-0.2, 0) is 0 Å². The molecule has 0 aliphatic carbocycles. The second kappa shape index (κ2) is 5.60. The van der Waals surface area contributed by atoms with Crippen molar-refractivity contribution >= 4 is 0 Å². The van der Waals surface area contributed by atoms with Gasteiger partial charge in [-0.1, -0.05) is 12.1 Å². The molecule has 0 saturated carbocycles. The Morgan fingerprint density at radius 2 is 1.00 bits per heavy atom. The quantitative estimate of drug-likeness (QED) is 0.851. The minimum atomic E-state index is -1.09. The van der Waals surface area contributed by atoms with Crippen molar-refractivity contribution < 1.29 is 17.6 Å². The lowest BCUT2D eigenvalue weighted by molar-refractivity contribution is 0.492. The van der Waals surface area contributed by atoms with Gasteiger partial charge in [0.15, 0.2) is 0 Å². The van der Waals surface area contributed by atoms with Crippen LogP contribution in [-0.4, -0.2) is 0 Å². The van der Waals surface area contributed by atoms with Crippen molar-refractivity contribution in [2.75, 3.05) is 0 Å². The molecule has 0 aliphatic rings. The van der Waals surface area contributed by atoms with E-state index < -0.39 is 35.4 Å². The van der Waals surface area contributed by atoms with Gasteiger partial charge in [0.1, 0.15) is 23.3 Å². The molecule has 2 aromatic carbocycles. The highest BCUT2D eigenvalue weighted by molar-refractivity contribution is 5.29. The third-order valence-corrected chi connectivity index (χ3v) is 3.03. The molecule has 2 aromatic rings. The summed E-state index contributed by atoms with van der Waals surface area (Å²) in [6, 6.07) is 3.53. The molecular weight excluding hydrogens is 272 g/mol. The third kappa shape index (κ3) is 2.81. The molecule has 0 bridgehead atoms. The monoisotopic (exact) mass is 284 g/mol. The highest BCUT2D eigenvalue weighted by Gasteiger charge is 2.23. The van der Waals surface area contributed by atoms with Gasteiger partial charge >= 0.3 is 0 Å². The van der Waals surface area contributed by atoms with Crippen LogP contribution in [0.1, 0.15) is 23.2 Å². The second-order valence-electron chi connectivity index (χ2n) is 4.38. The van der Waals surface area contributed by atoms with Crippen LogP contribution >= 0.6 is 0 Å². The third-order valence-electron chi connectivity index (χ3n) is 3.03. The molecule has 0 heterocycles. The van der Waals surface area contributed by atoms with Crippen molar-refractivity contribution in [3.63, 3.8) is 0 Å². The summed E-state index contributed by atoms with van der Waals surface area (Å²) in [5, 5.41) is 0. The molecule has 4 N–H and O–H groups in total. The lowest BCUT2D eigenvalue weighted by atomic mass is 9.94. The van der Waals surface area contributed by atoms with E-state index in [-0.39, 0.29) is 11.1 Å². The molecule has 2 rings (SSSR count). The Morgan fingerprint density at radius 1 is 0.650 bits per heavy atom. The van der Waals surface area contributed by atoms with Crippen LogP contribution in [0.5, 0.6) is 0 Å². The van der Waals surface area contributed by atoms with Gasteiger partial charge in [-0.15, -0.1) is 0 Å². The zero-order valence-electron chi connectivity index (χ0n) is 10.3. The molecule has 0 radical (unpaired) electrons. The van der Waals surface area contributed by atoms with E-state index in [4.69, 9.17) is 11.5 Å². The average molecular weight is 284 g/mol. The molecule has 0 amide bonds. The van der Waals surface area contributed by atoms with Crippen molar-refractivity contribution in [3.8, 4) is 0 Å². The zero-order valence-corrected chi connectivity index (χ0v) is 10.3. The average Bonchev–Trinajstić information content (AvgIpc) is 2.37. The second-order valence-corrected chi connectivity index (χ2v) is 4.38. The van der Waals surface area contributed by atoms with Crippen LogP contribution in [0, 0.1) is 23.3 Å². The van der Waals surface area contributed by atoms with Crippen molar-refractivity contribution in [2.45, 2.75) is 12.1 Å². The van der Waals surface area contributed by atoms with E-state index in [1.54, 1.807) is 0 Å². The lowest BCUT2D eigenvalue weighted by Gasteiger charge is -2.21. The van der Waals surface area contributed by atoms with Crippen LogP contribution in [0.4, 0.5) is 17.6 Å². The smallest absolute Gasteiger partial charge is 0.130 e. The van der Waals surface area contributed by atoms with Gasteiger partial charge in [0, 0.05) is 23.3 Å². The maximum atomic E-state index is 13.6. The first-order valence-electron chi connectivity index (χ1n) is 5.81. The van der Waals surface area contributed by atoms with E-state index in [0.29, 0.717) is 12.1 Å². The Balaban J connectivity index is 2.34. The molecule has 2 nitrogen and oxygen atoms in total. The molecule has 0 aliphatic heterocycles. The Labute approximate surface area is 113 Å². The number of nitrogens with two attached hydrogens (primary N) is 2. The molecule has 6 heteroatoms. The van der Waals surface area contributed by atoms with Crippen molar-refractivity contribution in [1.29, 1.82) is 0 Å². The van der Waals surface area contributed by atoms with Gasteiger partial charge in [0.05, 0.1) is 12.1 Å². The first-order valence-corrected chi connectivity index (χ1v) is 5.81. The SMILES string of the molecule is NC(c1ccc(F)cc1F)C(N)c1ccc(F)cc1F. The van der Waals surface area contributed by atoms with Gasteiger partial charge in [-0.3, -0.25) is 0 Å². The first-order chi connectivity index (χ1) is 9.40.